The van der Waals surface area contributed by atoms with Crippen LogP contribution in [-0.2, 0) is 16.0 Å². The number of nitrogens with one attached hydrogen (secondary N) is 1. The molecule has 0 bridgehead atoms. The Balaban J connectivity index is 1.68. The van der Waals surface area contributed by atoms with Crippen LogP contribution in [0.3, 0.4) is 0 Å². The van der Waals surface area contributed by atoms with Gasteiger partial charge in [-0.2, -0.15) is 0 Å². The summed E-state index contributed by atoms with van der Waals surface area (Å²) in [5, 5.41) is 2.69. The van der Waals surface area contributed by atoms with Crippen molar-refractivity contribution in [2.24, 2.45) is 0 Å². The van der Waals surface area contributed by atoms with Gasteiger partial charge in [0.05, 0.1) is 16.8 Å². The fourth-order valence-corrected chi connectivity index (χ4v) is 2.82. The summed E-state index contributed by atoms with van der Waals surface area (Å²) in [6, 6.07) is 14.2. The van der Waals surface area contributed by atoms with Crippen LogP contribution >= 0.6 is 0 Å². The van der Waals surface area contributed by atoms with Gasteiger partial charge in [-0.05, 0) is 42.3 Å². The summed E-state index contributed by atoms with van der Waals surface area (Å²) in [6.45, 7) is 3.07. The summed E-state index contributed by atoms with van der Waals surface area (Å²) in [4.78, 5) is 36.2. The van der Waals surface area contributed by atoms with E-state index in [1.54, 1.807) is 40.9 Å². The van der Waals surface area contributed by atoms with Crippen molar-refractivity contribution in [1.82, 2.24) is 4.40 Å². The summed E-state index contributed by atoms with van der Waals surface area (Å²) < 4.78 is 6.77. The SMILES string of the molecule is CCc1ccc(NC(=O)COC(=O)c2cc(C(C)=O)n3ccccc23)cc1. The van der Waals surface area contributed by atoms with E-state index >= 15 is 0 Å². The average molecular weight is 364 g/mol. The number of benzene rings is 1. The second-order valence-corrected chi connectivity index (χ2v) is 6.13. The first kappa shape index (κ1) is 18.4. The Hall–Kier alpha value is -3.41. The van der Waals surface area contributed by atoms with Crippen molar-refractivity contribution in [3.05, 3.63) is 71.5 Å². The highest BCUT2D eigenvalue weighted by Gasteiger charge is 2.19. The van der Waals surface area contributed by atoms with Gasteiger partial charge in [-0.15, -0.1) is 0 Å². The number of Topliss-reactive ketones (excluding diaryl/α,β-unsaturated/α-hetero) is 1. The molecule has 0 saturated heterocycles. The molecular weight excluding hydrogens is 344 g/mol. The van der Waals surface area contributed by atoms with Crippen molar-refractivity contribution in [2.75, 3.05) is 11.9 Å². The number of carbonyl (C=O) groups is 3. The minimum absolute atomic E-state index is 0.163. The van der Waals surface area contributed by atoms with Crippen LogP contribution in [0, 0.1) is 0 Å². The molecule has 1 aromatic carbocycles. The summed E-state index contributed by atoms with van der Waals surface area (Å²) in [6.07, 6.45) is 2.62. The molecule has 3 rings (SSSR count). The third-order valence-electron chi connectivity index (χ3n) is 4.24. The quantitative estimate of drug-likeness (QED) is 0.536. The molecule has 0 unspecified atom stereocenters. The third-order valence-corrected chi connectivity index (χ3v) is 4.24. The van der Waals surface area contributed by atoms with Crippen LogP contribution in [0.5, 0.6) is 0 Å². The largest absolute Gasteiger partial charge is 0.452 e. The molecule has 0 radical (unpaired) electrons. The van der Waals surface area contributed by atoms with Crippen molar-refractivity contribution in [3.63, 3.8) is 0 Å². The van der Waals surface area contributed by atoms with Gasteiger partial charge in [-0.3, -0.25) is 9.59 Å². The number of ketones is 1. The van der Waals surface area contributed by atoms with Gasteiger partial charge in [0.15, 0.2) is 12.4 Å². The Morgan fingerprint density at radius 3 is 2.48 bits per heavy atom. The van der Waals surface area contributed by atoms with Gasteiger partial charge in [0, 0.05) is 18.8 Å². The number of rotatable bonds is 6. The average Bonchev–Trinajstić information content (AvgIpc) is 3.07. The molecular formula is C21H20N2O4. The zero-order valence-corrected chi connectivity index (χ0v) is 15.2. The standard InChI is InChI=1S/C21H20N2O4/c1-3-15-7-9-16(10-8-15)22-20(25)13-27-21(26)17-12-19(14(2)24)23-11-5-4-6-18(17)23/h4-12H,3,13H2,1-2H3,(H,22,25). The fraction of sp³-hybridized carbons (Fsp3) is 0.190. The number of aromatic nitrogens is 1. The van der Waals surface area contributed by atoms with Gasteiger partial charge in [0.2, 0.25) is 0 Å². The van der Waals surface area contributed by atoms with Gasteiger partial charge in [0.25, 0.3) is 5.91 Å². The predicted octanol–water partition coefficient (Wildman–Crippen LogP) is 3.50. The maximum absolute atomic E-state index is 12.4. The predicted molar refractivity (Wildman–Crippen MR) is 102 cm³/mol. The zero-order valence-electron chi connectivity index (χ0n) is 15.2. The Morgan fingerprint density at radius 2 is 1.81 bits per heavy atom. The zero-order chi connectivity index (χ0) is 19.4. The van der Waals surface area contributed by atoms with E-state index in [9.17, 15) is 14.4 Å². The number of aryl methyl sites for hydroxylation is 1. The molecule has 0 atom stereocenters. The first-order valence-electron chi connectivity index (χ1n) is 8.66. The van der Waals surface area contributed by atoms with E-state index in [1.165, 1.54) is 18.6 Å². The number of anilines is 1. The lowest BCUT2D eigenvalue weighted by atomic mass is 10.1. The normalized spacial score (nSPS) is 10.6. The van der Waals surface area contributed by atoms with Gasteiger partial charge < -0.3 is 14.5 Å². The number of carbonyl (C=O) groups excluding carboxylic acids is 3. The smallest absolute Gasteiger partial charge is 0.340 e. The molecule has 0 saturated carbocycles. The molecule has 0 aliphatic heterocycles. The lowest BCUT2D eigenvalue weighted by Crippen LogP contribution is -2.20. The Labute approximate surface area is 156 Å². The number of nitrogens with zero attached hydrogens (tertiary/aromatic N) is 1. The van der Waals surface area contributed by atoms with E-state index in [-0.39, 0.29) is 11.3 Å². The summed E-state index contributed by atoms with van der Waals surface area (Å²) in [5.74, 6) is -1.24. The molecule has 0 spiro atoms. The van der Waals surface area contributed by atoms with Gasteiger partial charge >= 0.3 is 5.97 Å². The molecule has 2 heterocycles. The van der Waals surface area contributed by atoms with Crippen LogP contribution in [0.1, 0.15) is 40.3 Å². The molecule has 0 aliphatic rings. The lowest BCUT2D eigenvalue weighted by Gasteiger charge is -2.07. The van der Waals surface area contributed by atoms with E-state index in [2.05, 4.69) is 12.2 Å². The van der Waals surface area contributed by atoms with Crippen molar-refractivity contribution in [1.29, 1.82) is 0 Å². The van der Waals surface area contributed by atoms with Crippen molar-refractivity contribution in [3.8, 4) is 0 Å². The minimum atomic E-state index is -0.650. The number of ether oxygens (including phenoxy) is 1. The summed E-state index contributed by atoms with van der Waals surface area (Å²) >= 11 is 0. The number of fused-ring (bicyclic) bond motifs is 1. The molecule has 3 aromatic rings. The molecule has 138 valence electrons. The van der Waals surface area contributed by atoms with Crippen molar-refractivity contribution in [2.45, 2.75) is 20.3 Å². The lowest BCUT2D eigenvalue weighted by molar-refractivity contribution is -0.119. The maximum atomic E-state index is 12.4. The first-order valence-corrected chi connectivity index (χ1v) is 8.66. The summed E-state index contributed by atoms with van der Waals surface area (Å²) in [7, 11) is 0. The van der Waals surface area contributed by atoms with Crippen LogP contribution in [0.15, 0.2) is 54.7 Å². The molecule has 27 heavy (non-hydrogen) atoms. The third kappa shape index (κ3) is 4.06. The molecule has 6 heteroatoms. The number of esters is 1. The Bertz CT molecular complexity index is 1000. The van der Waals surface area contributed by atoms with E-state index < -0.39 is 18.5 Å². The summed E-state index contributed by atoms with van der Waals surface area (Å²) in [5.41, 5.74) is 3.00. The van der Waals surface area contributed by atoms with Crippen LogP contribution in [0.25, 0.3) is 5.52 Å². The number of amides is 1. The van der Waals surface area contributed by atoms with Gasteiger partial charge in [-0.25, -0.2) is 4.79 Å². The minimum Gasteiger partial charge on any atom is -0.452 e. The Kier molecular flexibility index (Phi) is 5.35. The van der Waals surface area contributed by atoms with E-state index in [1.807, 2.05) is 12.1 Å². The number of hydrogen-bond donors (Lipinski definition) is 1. The highest BCUT2D eigenvalue weighted by molar-refractivity contribution is 6.04. The van der Waals surface area contributed by atoms with E-state index in [4.69, 9.17) is 4.74 Å². The van der Waals surface area contributed by atoms with Crippen LogP contribution in [-0.4, -0.2) is 28.7 Å². The highest BCUT2D eigenvalue weighted by Crippen LogP contribution is 2.19. The van der Waals surface area contributed by atoms with E-state index in [0.717, 1.165) is 6.42 Å². The van der Waals surface area contributed by atoms with Crippen LogP contribution < -0.4 is 5.32 Å². The molecule has 1 amide bonds. The topological polar surface area (TPSA) is 76.9 Å². The van der Waals surface area contributed by atoms with Gasteiger partial charge in [0.1, 0.15) is 0 Å². The number of pyridine rings is 1. The highest BCUT2D eigenvalue weighted by atomic mass is 16.5. The first-order chi connectivity index (χ1) is 13.0. The maximum Gasteiger partial charge on any atom is 0.340 e. The van der Waals surface area contributed by atoms with Crippen molar-refractivity contribution >= 4 is 28.9 Å². The second kappa shape index (κ2) is 7.86. The van der Waals surface area contributed by atoms with Gasteiger partial charge in [-0.1, -0.05) is 25.1 Å². The molecule has 6 nitrogen and oxygen atoms in total. The molecule has 2 aromatic heterocycles. The molecule has 0 fully saturated rings. The van der Waals surface area contributed by atoms with Crippen LogP contribution in [0.4, 0.5) is 5.69 Å². The second-order valence-electron chi connectivity index (χ2n) is 6.13. The number of hydrogen-bond acceptors (Lipinski definition) is 4. The van der Waals surface area contributed by atoms with E-state index in [0.29, 0.717) is 16.9 Å². The fourth-order valence-electron chi connectivity index (χ4n) is 2.82. The monoisotopic (exact) mass is 364 g/mol. The molecule has 1 N–H and O–H groups in total. The van der Waals surface area contributed by atoms with Crippen LogP contribution in [0.2, 0.25) is 0 Å². The molecule has 0 aliphatic carbocycles. The Morgan fingerprint density at radius 1 is 1.07 bits per heavy atom. The van der Waals surface area contributed by atoms with Crippen molar-refractivity contribution < 1.29 is 19.1 Å².